The van der Waals surface area contributed by atoms with E-state index in [1.54, 1.807) is 0 Å². The minimum absolute atomic E-state index is 0.00944. The largest absolute Gasteiger partial charge is 0.342 e. The van der Waals surface area contributed by atoms with Crippen LogP contribution >= 0.6 is 11.3 Å². The molecular weight excluding hydrogens is 434 g/mol. The lowest BCUT2D eigenvalue weighted by molar-refractivity contribution is -0.143. The summed E-state index contributed by atoms with van der Waals surface area (Å²) < 4.78 is 0. The minimum atomic E-state index is -1.12. The topological polar surface area (TPSA) is 60.9 Å². The number of carbonyl (C=O) groups is 3. The summed E-state index contributed by atoms with van der Waals surface area (Å²) in [7, 11) is 0. The number of rotatable bonds is 6. The number of nitrogens with zero attached hydrogens (tertiary/aromatic N) is 3. The number of benzene rings is 1. The van der Waals surface area contributed by atoms with Gasteiger partial charge in [-0.25, -0.2) is 0 Å². The molecule has 3 aliphatic rings. The molecule has 0 radical (unpaired) electrons. The lowest BCUT2D eigenvalue weighted by atomic mass is 9.75. The van der Waals surface area contributed by atoms with Crippen LogP contribution in [0.25, 0.3) is 0 Å². The fraction of sp³-hybridized carbons (Fsp3) is 0.500. The van der Waals surface area contributed by atoms with Crippen molar-refractivity contribution in [2.24, 2.45) is 5.41 Å². The molecule has 3 aliphatic heterocycles. The van der Waals surface area contributed by atoms with Gasteiger partial charge in [0, 0.05) is 42.8 Å². The second-order valence-electron chi connectivity index (χ2n) is 9.85. The van der Waals surface area contributed by atoms with Gasteiger partial charge in [0.15, 0.2) is 0 Å². The van der Waals surface area contributed by atoms with Gasteiger partial charge in [-0.1, -0.05) is 43.3 Å². The lowest BCUT2D eigenvalue weighted by Crippen LogP contribution is -2.43. The summed E-state index contributed by atoms with van der Waals surface area (Å²) in [5.41, 5.74) is -0.169. The highest BCUT2D eigenvalue weighted by Gasteiger charge is 2.55. The van der Waals surface area contributed by atoms with Crippen LogP contribution in [-0.2, 0) is 26.3 Å². The molecular formula is C26H31N3O3S. The van der Waals surface area contributed by atoms with Crippen molar-refractivity contribution in [2.45, 2.75) is 44.6 Å². The van der Waals surface area contributed by atoms with E-state index < -0.39 is 5.41 Å². The van der Waals surface area contributed by atoms with E-state index in [2.05, 4.69) is 11.8 Å². The molecule has 3 amide bonds. The van der Waals surface area contributed by atoms with Gasteiger partial charge in [0.1, 0.15) is 0 Å². The fourth-order valence-corrected chi connectivity index (χ4v) is 6.58. The number of hydrogen-bond acceptors (Lipinski definition) is 5. The van der Waals surface area contributed by atoms with Crippen molar-refractivity contribution in [3.8, 4) is 0 Å². The first-order valence-electron chi connectivity index (χ1n) is 11.9. The SMILES string of the molecule is CCN1CC[C@]2(CCN(C(=O)C[C@]3(c4ccccc4)CC(=O)N(Cc4cccs4)C3=O)C2)C1. The maximum atomic E-state index is 13.8. The van der Waals surface area contributed by atoms with Crippen molar-refractivity contribution < 1.29 is 14.4 Å². The number of imide groups is 1. The van der Waals surface area contributed by atoms with E-state index >= 15 is 0 Å². The van der Waals surface area contributed by atoms with Gasteiger partial charge in [0.25, 0.3) is 0 Å². The van der Waals surface area contributed by atoms with Crippen molar-refractivity contribution in [3.05, 3.63) is 58.3 Å². The standard InChI is InChI=1S/C26H31N3O3S/c1-2-27-12-10-25(18-27)11-13-28(19-25)22(30)15-26(20-7-4-3-5-8-20)16-23(31)29(24(26)32)17-21-9-6-14-33-21/h3-9,14H,2,10-13,15-19H2,1H3/t25-,26+/m0/s1. The van der Waals surface area contributed by atoms with Crippen LogP contribution in [0.15, 0.2) is 47.8 Å². The minimum Gasteiger partial charge on any atom is -0.342 e. The third kappa shape index (κ3) is 4.02. The van der Waals surface area contributed by atoms with Crippen LogP contribution in [-0.4, -0.2) is 65.1 Å². The summed E-state index contributed by atoms with van der Waals surface area (Å²) in [6.07, 6.45) is 2.25. The van der Waals surface area contributed by atoms with Gasteiger partial charge in [0.2, 0.25) is 17.7 Å². The third-order valence-electron chi connectivity index (χ3n) is 7.84. The quantitative estimate of drug-likeness (QED) is 0.615. The van der Waals surface area contributed by atoms with E-state index in [9.17, 15) is 14.4 Å². The maximum absolute atomic E-state index is 13.8. The van der Waals surface area contributed by atoms with Gasteiger partial charge in [0.05, 0.1) is 12.0 Å². The molecule has 0 saturated carbocycles. The molecule has 1 spiro atoms. The van der Waals surface area contributed by atoms with E-state index in [4.69, 9.17) is 0 Å². The number of hydrogen-bond donors (Lipinski definition) is 0. The van der Waals surface area contributed by atoms with E-state index in [0.29, 0.717) is 0 Å². The average Bonchev–Trinajstić information content (AvgIpc) is 3.61. The summed E-state index contributed by atoms with van der Waals surface area (Å²) in [4.78, 5) is 47.1. The van der Waals surface area contributed by atoms with E-state index in [1.165, 1.54) is 16.2 Å². The number of carbonyl (C=O) groups excluding carboxylic acids is 3. The van der Waals surface area contributed by atoms with Gasteiger partial charge in [-0.2, -0.15) is 0 Å². The zero-order valence-electron chi connectivity index (χ0n) is 19.2. The molecule has 0 N–H and O–H groups in total. The molecule has 1 aromatic carbocycles. The summed E-state index contributed by atoms with van der Waals surface area (Å²) in [5.74, 6) is -0.450. The third-order valence-corrected chi connectivity index (χ3v) is 8.70. The van der Waals surface area contributed by atoms with E-state index in [1.807, 2.05) is 52.7 Å². The van der Waals surface area contributed by atoms with Gasteiger partial charge in [-0.05, 0) is 42.9 Å². The summed E-state index contributed by atoms with van der Waals surface area (Å²) in [6.45, 7) is 7.14. The Morgan fingerprint density at radius 2 is 1.82 bits per heavy atom. The van der Waals surface area contributed by atoms with Crippen LogP contribution in [0.1, 0.15) is 43.0 Å². The molecule has 5 rings (SSSR count). The Morgan fingerprint density at radius 3 is 2.52 bits per heavy atom. The Labute approximate surface area is 199 Å². The van der Waals surface area contributed by atoms with Crippen LogP contribution < -0.4 is 0 Å². The molecule has 2 atom stereocenters. The smallest absolute Gasteiger partial charge is 0.241 e. The normalized spacial score (nSPS) is 27.9. The molecule has 4 heterocycles. The second kappa shape index (κ2) is 8.69. The molecule has 0 aliphatic carbocycles. The predicted molar refractivity (Wildman–Crippen MR) is 128 cm³/mol. The van der Waals surface area contributed by atoms with Gasteiger partial charge < -0.3 is 9.80 Å². The first-order chi connectivity index (χ1) is 15.9. The van der Waals surface area contributed by atoms with Gasteiger partial charge in [-0.15, -0.1) is 11.3 Å². The zero-order chi connectivity index (χ0) is 23.1. The Balaban J connectivity index is 1.38. The summed E-state index contributed by atoms with van der Waals surface area (Å²) in [5, 5.41) is 1.94. The zero-order valence-corrected chi connectivity index (χ0v) is 20.0. The molecule has 33 heavy (non-hydrogen) atoms. The maximum Gasteiger partial charge on any atom is 0.241 e. The highest BCUT2D eigenvalue weighted by atomic mass is 32.1. The summed E-state index contributed by atoms with van der Waals surface area (Å²) in [6, 6.07) is 13.3. The van der Waals surface area contributed by atoms with Gasteiger partial charge in [-0.3, -0.25) is 19.3 Å². The molecule has 6 nitrogen and oxygen atoms in total. The first-order valence-corrected chi connectivity index (χ1v) is 12.8. The predicted octanol–water partition coefficient (Wildman–Crippen LogP) is 3.28. The van der Waals surface area contributed by atoms with Crippen molar-refractivity contribution in [1.82, 2.24) is 14.7 Å². The molecule has 2 aromatic rings. The molecule has 0 unspecified atom stereocenters. The number of likely N-dealkylation sites (tertiary alicyclic amines) is 3. The van der Waals surface area contributed by atoms with Gasteiger partial charge >= 0.3 is 0 Å². The first kappa shape index (κ1) is 22.3. The number of thiophene rings is 1. The van der Waals surface area contributed by atoms with Crippen molar-refractivity contribution in [1.29, 1.82) is 0 Å². The van der Waals surface area contributed by atoms with Crippen molar-refractivity contribution >= 4 is 29.1 Å². The summed E-state index contributed by atoms with van der Waals surface area (Å²) >= 11 is 1.53. The Kier molecular flexibility index (Phi) is 5.87. The monoisotopic (exact) mass is 465 g/mol. The highest BCUT2D eigenvalue weighted by Crippen LogP contribution is 2.43. The fourth-order valence-electron chi connectivity index (χ4n) is 5.89. The van der Waals surface area contributed by atoms with Crippen LogP contribution in [0.5, 0.6) is 0 Å². The van der Waals surface area contributed by atoms with Crippen LogP contribution in [0, 0.1) is 5.41 Å². The Morgan fingerprint density at radius 1 is 1.03 bits per heavy atom. The Bertz CT molecular complexity index is 1040. The molecule has 1 aromatic heterocycles. The molecule has 7 heteroatoms. The van der Waals surface area contributed by atoms with E-state index in [0.717, 1.165) is 56.0 Å². The van der Waals surface area contributed by atoms with Crippen LogP contribution in [0.2, 0.25) is 0 Å². The van der Waals surface area contributed by atoms with Crippen molar-refractivity contribution in [3.63, 3.8) is 0 Å². The number of amides is 3. The van der Waals surface area contributed by atoms with Crippen LogP contribution in [0.3, 0.4) is 0 Å². The second-order valence-corrected chi connectivity index (χ2v) is 10.9. The van der Waals surface area contributed by atoms with E-state index in [-0.39, 0.29) is 42.5 Å². The lowest BCUT2D eigenvalue weighted by Gasteiger charge is -2.30. The molecule has 3 saturated heterocycles. The molecule has 174 valence electrons. The van der Waals surface area contributed by atoms with Crippen molar-refractivity contribution in [2.75, 3.05) is 32.7 Å². The Hall–Kier alpha value is -2.51. The molecule has 3 fully saturated rings. The molecule has 0 bridgehead atoms. The van der Waals surface area contributed by atoms with Crippen LogP contribution in [0.4, 0.5) is 0 Å². The average molecular weight is 466 g/mol. The highest BCUT2D eigenvalue weighted by molar-refractivity contribution is 7.09.